The molecule has 4 nitrogen and oxygen atoms in total. The molecule has 0 fully saturated rings. The maximum atomic E-state index is 11.3. The van der Waals surface area contributed by atoms with Gasteiger partial charge in [0.1, 0.15) is 11.5 Å². The van der Waals surface area contributed by atoms with E-state index in [0.717, 1.165) is 11.3 Å². The van der Waals surface area contributed by atoms with Crippen molar-refractivity contribution in [2.45, 2.75) is 20.3 Å². The molecule has 1 amide bonds. The van der Waals surface area contributed by atoms with Gasteiger partial charge in [-0.3, -0.25) is 4.79 Å². The van der Waals surface area contributed by atoms with Gasteiger partial charge >= 0.3 is 0 Å². The highest BCUT2D eigenvalue weighted by atomic mass is 16.5. The van der Waals surface area contributed by atoms with E-state index in [1.165, 1.54) is 0 Å². The van der Waals surface area contributed by atoms with E-state index in [0.29, 0.717) is 17.9 Å². The molecular formula is C12H17NO3. The fraction of sp³-hybridized carbons (Fsp3) is 0.417. The van der Waals surface area contributed by atoms with Crippen molar-refractivity contribution in [3.05, 3.63) is 17.7 Å². The van der Waals surface area contributed by atoms with Crippen LogP contribution >= 0.6 is 0 Å². The van der Waals surface area contributed by atoms with Crippen molar-refractivity contribution in [3.63, 3.8) is 0 Å². The van der Waals surface area contributed by atoms with E-state index in [4.69, 9.17) is 9.47 Å². The van der Waals surface area contributed by atoms with Crippen LogP contribution in [0.1, 0.15) is 18.9 Å². The van der Waals surface area contributed by atoms with E-state index in [9.17, 15) is 4.79 Å². The fourth-order valence-electron chi connectivity index (χ4n) is 1.49. The zero-order valence-electron chi connectivity index (χ0n) is 10.1. The topological polar surface area (TPSA) is 47.6 Å². The Balaban J connectivity index is 3.10. The highest BCUT2D eigenvalue weighted by molar-refractivity contribution is 5.92. The van der Waals surface area contributed by atoms with Crippen molar-refractivity contribution in [1.29, 1.82) is 0 Å². The van der Waals surface area contributed by atoms with Crippen LogP contribution in [0.25, 0.3) is 0 Å². The van der Waals surface area contributed by atoms with E-state index in [1.807, 2.05) is 13.0 Å². The summed E-state index contributed by atoms with van der Waals surface area (Å²) in [5.41, 5.74) is 1.55. The lowest BCUT2D eigenvalue weighted by atomic mass is 10.1. The van der Waals surface area contributed by atoms with Gasteiger partial charge in [-0.05, 0) is 19.1 Å². The largest absolute Gasteiger partial charge is 0.496 e. The number of carbonyl (C=O) groups excluding carboxylic acids is 1. The third kappa shape index (κ3) is 2.45. The molecule has 88 valence electrons. The molecule has 0 aliphatic carbocycles. The lowest BCUT2D eigenvalue weighted by Crippen LogP contribution is -2.11. The van der Waals surface area contributed by atoms with Crippen molar-refractivity contribution in [3.8, 4) is 11.5 Å². The summed E-state index contributed by atoms with van der Waals surface area (Å²) in [7, 11) is 3.18. The zero-order valence-corrected chi connectivity index (χ0v) is 10.1. The molecule has 0 spiro atoms. The molecule has 0 heterocycles. The summed E-state index contributed by atoms with van der Waals surface area (Å²) in [6.45, 7) is 3.69. The Morgan fingerprint density at radius 1 is 1.31 bits per heavy atom. The van der Waals surface area contributed by atoms with Crippen LogP contribution in [0, 0.1) is 6.92 Å². The Morgan fingerprint density at radius 2 is 2.00 bits per heavy atom. The summed E-state index contributed by atoms with van der Waals surface area (Å²) in [6, 6.07) is 3.58. The molecular weight excluding hydrogens is 206 g/mol. The predicted molar refractivity (Wildman–Crippen MR) is 63.2 cm³/mol. The molecule has 0 bridgehead atoms. The minimum absolute atomic E-state index is 0.0390. The molecule has 0 atom stereocenters. The monoisotopic (exact) mass is 223 g/mol. The fourth-order valence-corrected chi connectivity index (χ4v) is 1.49. The van der Waals surface area contributed by atoms with Crippen LogP contribution in [0.4, 0.5) is 5.69 Å². The van der Waals surface area contributed by atoms with E-state index in [1.54, 1.807) is 27.2 Å². The molecule has 1 aromatic rings. The van der Waals surface area contributed by atoms with Gasteiger partial charge in [0.2, 0.25) is 5.91 Å². The number of ether oxygens (including phenoxy) is 2. The number of hydrogen-bond acceptors (Lipinski definition) is 3. The number of carbonyl (C=O) groups is 1. The summed E-state index contributed by atoms with van der Waals surface area (Å²) < 4.78 is 10.5. The highest BCUT2D eigenvalue weighted by Crippen LogP contribution is 2.34. The van der Waals surface area contributed by atoms with Gasteiger partial charge in [0, 0.05) is 12.0 Å². The van der Waals surface area contributed by atoms with Crippen molar-refractivity contribution >= 4 is 11.6 Å². The Labute approximate surface area is 95.6 Å². The number of hydrogen-bond donors (Lipinski definition) is 1. The minimum atomic E-state index is -0.0390. The first-order valence-corrected chi connectivity index (χ1v) is 5.15. The van der Waals surface area contributed by atoms with Crippen molar-refractivity contribution in [2.24, 2.45) is 0 Å². The third-order valence-corrected chi connectivity index (χ3v) is 2.38. The van der Waals surface area contributed by atoms with Gasteiger partial charge in [0.15, 0.2) is 0 Å². The van der Waals surface area contributed by atoms with Gasteiger partial charge in [0.25, 0.3) is 0 Å². The molecule has 0 aliphatic rings. The Hall–Kier alpha value is -1.71. The summed E-state index contributed by atoms with van der Waals surface area (Å²) in [6.07, 6.45) is 0.439. The van der Waals surface area contributed by atoms with Crippen LogP contribution in [0.5, 0.6) is 11.5 Å². The summed E-state index contributed by atoms with van der Waals surface area (Å²) in [5.74, 6) is 1.34. The summed E-state index contributed by atoms with van der Waals surface area (Å²) >= 11 is 0. The first-order chi connectivity index (χ1) is 7.63. The van der Waals surface area contributed by atoms with Crippen molar-refractivity contribution in [2.75, 3.05) is 19.5 Å². The number of methoxy groups -OCH3 is 2. The molecule has 4 heteroatoms. The van der Waals surface area contributed by atoms with Crippen LogP contribution in [0.3, 0.4) is 0 Å². The smallest absolute Gasteiger partial charge is 0.224 e. The second-order valence-corrected chi connectivity index (χ2v) is 3.38. The van der Waals surface area contributed by atoms with Gasteiger partial charge in [-0.1, -0.05) is 6.92 Å². The van der Waals surface area contributed by atoms with Crippen molar-refractivity contribution in [1.82, 2.24) is 0 Å². The standard InChI is InChI=1S/C12H17NO3/c1-5-11(14)13-9-6-7-10(15-3)8(2)12(9)16-4/h6-7H,5H2,1-4H3,(H,13,14). The molecule has 0 saturated heterocycles. The molecule has 0 unspecified atom stereocenters. The number of nitrogens with one attached hydrogen (secondary N) is 1. The average Bonchev–Trinajstić information content (AvgIpc) is 2.29. The maximum Gasteiger partial charge on any atom is 0.224 e. The van der Waals surface area contributed by atoms with E-state index < -0.39 is 0 Å². The second-order valence-electron chi connectivity index (χ2n) is 3.38. The van der Waals surface area contributed by atoms with Gasteiger partial charge in [-0.2, -0.15) is 0 Å². The van der Waals surface area contributed by atoms with Gasteiger partial charge < -0.3 is 14.8 Å². The molecule has 0 aromatic heterocycles. The van der Waals surface area contributed by atoms with Crippen LogP contribution in [0.2, 0.25) is 0 Å². The Bertz CT molecular complexity index is 388. The van der Waals surface area contributed by atoms with Gasteiger partial charge in [-0.25, -0.2) is 0 Å². The quantitative estimate of drug-likeness (QED) is 0.852. The molecule has 0 saturated carbocycles. The van der Waals surface area contributed by atoms with Crippen LogP contribution in [0.15, 0.2) is 12.1 Å². The molecule has 1 rings (SSSR count). The number of rotatable bonds is 4. The third-order valence-electron chi connectivity index (χ3n) is 2.38. The molecule has 0 radical (unpaired) electrons. The molecule has 1 aromatic carbocycles. The molecule has 1 N–H and O–H groups in total. The van der Waals surface area contributed by atoms with E-state index >= 15 is 0 Å². The Morgan fingerprint density at radius 3 is 2.50 bits per heavy atom. The minimum Gasteiger partial charge on any atom is -0.496 e. The second kappa shape index (κ2) is 5.39. The van der Waals surface area contributed by atoms with Gasteiger partial charge in [0.05, 0.1) is 19.9 Å². The van der Waals surface area contributed by atoms with Crippen LogP contribution in [-0.4, -0.2) is 20.1 Å². The normalized spacial score (nSPS) is 9.75. The maximum absolute atomic E-state index is 11.3. The molecule has 0 aliphatic heterocycles. The average molecular weight is 223 g/mol. The van der Waals surface area contributed by atoms with Crippen LogP contribution in [-0.2, 0) is 4.79 Å². The molecule has 16 heavy (non-hydrogen) atoms. The first kappa shape index (κ1) is 12.4. The Kier molecular flexibility index (Phi) is 4.17. The van der Waals surface area contributed by atoms with Crippen molar-refractivity contribution < 1.29 is 14.3 Å². The lowest BCUT2D eigenvalue weighted by Gasteiger charge is -2.14. The van der Waals surface area contributed by atoms with E-state index in [-0.39, 0.29) is 5.91 Å². The summed E-state index contributed by atoms with van der Waals surface area (Å²) in [4.78, 5) is 11.3. The lowest BCUT2D eigenvalue weighted by molar-refractivity contribution is -0.115. The van der Waals surface area contributed by atoms with Crippen LogP contribution < -0.4 is 14.8 Å². The number of amides is 1. The number of anilines is 1. The first-order valence-electron chi connectivity index (χ1n) is 5.15. The van der Waals surface area contributed by atoms with Gasteiger partial charge in [-0.15, -0.1) is 0 Å². The van der Waals surface area contributed by atoms with E-state index in [2.05, 4.69) is 5.32 Å². The predicted octanol–water partition coefficient (Wildman–Crippen LogP) is 2.36. The highest BCUT2D eigenvalue weighted by Gasteiger charge is 2.12. The number of benzene rings is 1. The zero-order chi connectivity index (χ0) is 12.1. The SMILES string of the molecule is CCC(=O)Nc1ccc(OC)c(C)c1OC. The summed E-state index contributed by atoms with van der Waals surface area (Å²) in [5, 5.41) is 2.78.